The molecular formula is C11H16N4O3. The first-order valence-electron chi connectivity index (χ1n) is 5.69. The van der Waals surface area contributed by atoms with Gasteiger partial charge < -0.3 is 20.6 Å². The van der Waals surface area contributed by atoms with Crippen LogP contribution in [0.25, 0.3) is 0 Å². The number of hydrogen-bond donors (Lipinski definition) is 2. The highest BCUT2D eigenvalue weighted by atomic mass is 16.6. The zero-order chi connectivity index (χ0) is 13.3. The average Bonchev–Trinajstić information content (AvgIpc) is 2.32. The summed E-state index contributed by atoms with van der Waals surface area (Å²) in [7, 11) is 2.04. The van der Waals surface area contributed by atoms with Crippen LogP contribution in [0.15, 0.2) is 12.1 Å². The first kappa shape index (κ1) is 12.4. The van der Waals surface area contributed by atoms with Crippen molar-refractivity contribution in [2.24, 2.45) is 0 Å². The van der Waals surface area contributed by atoms with E-state index >= 15 is 0 Å². The van der Waals surface area contributed by atoms with E-state index in [0.717, 1.165) is 26.2 Å². The fourth-order valence-corrected chi connectivity index (χ4v) is 2.05. The Hall–Kier alpha value is -2.02. The van der Waals surface area contributed by atoms with Crippen molar-refractivity contribution in [3.8, 4) is 5.75 Å². The van der Waals surface area contributed by atoms with Gasteiger partial charge in [0.05, 0.1) is 16.3 Å². The van der Waals surface area contributed by atoms with Crippen molar-refractivity contribution in [2.45, 2.75) is 0 Å². The van der Waals surface area contributed by atoms with Crippen molar-refractivity contribution >= 4 is 17.1 Å². The molecule has 1 fully saturated rings. The third-order valence-corrected chi connectivity index (χ3v) is 3.16. The lowest BCUT2D eigenvalue weighted by Crippen LogP contribution is -2.44. The number of aromatic hydroxyl groups is 1. The molecule has 1 aromatic rings. The predicted octanol–water partition coefficient (Wildman–Crippen LogP) is 0.634. The highest BCUT2D eigenvalue weighted by Gasteiger charge is 2.21. The van der Waals surface area contributed by atoms with E-state index in [1.54, 1.807) is 0 Å². The Morgan fingerprint density at radius 1 is 1.33 bits per heavy atom. The molecule has 3 N–H and O–H groups in total. The Labute approximate surface area is 105 Å². The van der Waals surface area contributed by atoms with Gasteiger partial charge in [0.2, 0.25) is 0 Å². The lowest BCUT2D eigenvalue weighted by Gasteiger charge is -2.34. The molecule has 0 atom stereocenters. The van der Waals surface area contributed by atoms with Gasteiger partial charge in [0, 0.05) is 38.3 Å². The quantitative estimate of drug-likeness (QED) is 0.347. The predicted molar refractivity (Wildman–Crippen MR) is 68.9 cm³/mol. The molecule has 18 heavy (non-hydrogen) atoms. The minimum atomic E-state index is -0.639. The minimum Gasteiger partial charge on any atom is -0.502 e. The summed E-state index contributed by atoms with van der Waals surface area (Å²) < 4.78 is 0. The molecule has 1 heterocycles. The molecule has 0 unspecified atom stereocenters. The number of phenolic OH excluding ortho intramolecular Hbond substituents is 1. The molecule has 1 aliphatic rings. The summed E-state index contributed by atoms with van der Waals surface area (Å²) in [5.41, 5.74) is 6.45. The van der Waals surface area contributed by atoms with Crippen molar-refractivity contribution in [1.29, 1.82) is 0 Å². The van der Waals surface area contributed by atoms with Crippen molar-refractivity contribution in [2.75, 3.05) is 43.9 Å². The molecule has 98 valence electrons. The van der Waals surface area contributed by atoms with Crippen LogP contribution in [0.5, 0.6) is 5.75 Å². The Morgan fingerprint density at radius 3 is 2.50 bits per heavy atom. The molecule has 7 heteroatoms. The monoisotopic (exact) mass is 252 g/mol. The van der Waals surface area contributed by atoms with Crippen molar-refractivity contribution in [3.63, 3.8) is 0 Å². The highest BCUT2D eigenvalue weighted by Crippen LogP contribution is 2.36. The molecule has 2 rings (SSSR count). The van der Waals surface area contributed by atoms with Gasteiger partial charge in [-0.1, -0.05) is 0 Å². The molecule has 7 nitrogen and oxygen atoms in total. The van der Waals surface area contributed by atoms with Crippen LogP contribution in [0, 0.1) is 10.1 Å². The molecule has 0 aliphatic carbocycles. The number of anilines is 2. The van der Waals surface area contributed by atoms with E-state index in [1.165, 1.54) is 12.1 Å². The number of benzene rings is 1. The van der Waals surface area contributed by atoms with E-state index in [1.807, 2.05) is 11.9 Å². The maximum Gasteiger partial charge on any atom is 0.312 e. The summed E-state index contributed by atoms with van der Waals surface area (Å²) in [6, 6.07) is 2.59. The summed E-state index contributed by atoms with van der Waals surface area (Å²) in [6.45, 7) is 3.38. The molecule has 0 bridgehead atoms. The second-order valence-corrected chi connectivity index (χ2v) is 4.45. The molecule has 1 saturated heterocycles. The van der Waals surface area contributed by atoms with E-state index in [2.05, 4.69) is 4.90 Å². The summed E-state index contributed by atoms with van der Waals surface area (Å²) in [5, 5.41) is 20.3. The number of likely N-dealkylation sites (N-methyl/N-ethyl adjacent to an activating group) is 1. The molecule has 1 aliphatic heterocycles. The first-order valence-corrected chi connectivity index (χ1v) is 5.69. The fourth-order valence-electron chi connectivity index (χ4n) is 2.05. The first-order chi connectivity index (χ1) is 8.49. The number of rotatable bonds is 2. The van der Waals surface area contributed by atoms with Gasteiger partial charge in [-0.05, 0) is 7.05 Å². The van der Waals surface area contributed by atoms with Crippen molar-refractivity contribution in [1.82, 2.24) is 4.90 Å². The summed E-state index contributed by atoms with van der Waals surface area (Å²) in [6.07, 6.45) is 0. The van der Waals surface area contributed by atoms with Crippen LogP contribution in [-0.4, -0.2) is 48.2 Å². The van der Waals surface area contributed by atoms with Gasteiger partial charge in [0.15, 0.2) is 5.75 Å². The van der Waals surface area contributed by atoms with Gasteiger partial charge in [-0.25, -0.2) is 0 Å². The van der Waals surface area contributed by atoms with Gasteiger partial charge in [0.25, 0.3) is 0 Å². The third-order valence-electron chi connectivity index (χ3n) is 3.16. The molecule has 0 aromatic heterocycles. The van der Waals surface area contributed by atoms with E-state index < -0.39 is 4.92 Å². The fraction of sp³-hybridized carbons (Fsp3) is 0.455. The summed E-state index contributed by atoms with van der Waals surface area (Å²) in [5.74, 6) is -0.344. The Balaban J connectivity index is 2.29. The smallest absolute Gasteiger partial charge is 0.312 e. The van der Waals surface area contributed by atoms with Gasteiger partial charge in [-0.3, -0.25) is 10.1 Å². The van der Waals surface area contributed by atoms with Gasteiger partial charge in [-0.15, -0.1) is 0 Å². The molecular weight excluding hydrogens is 236 g/mol. The number of nitro groups is 1. The molecule has 0 radical (unpaired) electrons. The van der Waals surface area contributed by atoms with Gasteiger partial charge in [-0.2, -0.15) is 0 Å². The Bertz CT molecular complexity index is 470. The number of nitrogen functional groups attached to an aromatic ring is 1. The van der Waals surface area contributed by atoms with E-state index in [4.69, 9.17) is 5.73 Å². The number of nitro benzene ring substituents is 1. The maximum atomic E-state index is 10.7. The zero-order valence-electron chi connectivity index (χ0n) is 10.2. The standard InChI is InChI=1S/C11H16N4O3/c1-13-2-4-14(5-3-13)9-7-11(16)10(15(17)18)6-8(9)12/h6-7,16H,2-5,12H2,1H3. The average molecular weight is 252 g/mol. The molecule has 0 saturated carbocycles. The second-order valence-electron chi connectivity index (χ2n) is 4.45. The van der Waals surface area contributed by atoms with Crippen LogP contribution in [0.3, 0.4) is 0 Å². The number of nitrogens with zero attached hydrogens (tertiary/aromatic N) is 3. The number of hydrogen-bond acceptors (Lipinski definition) is 6. The van der Waals surface area contributed by atoms with E-state index in [9.17, 15) is 15.2 Å². The normalized spacial score (nSPS) is 16.8. The third kappa shape index (κ3) is 2.30. The van der Waals surface area contributed by atoms with Crippen molar-refractivity contribution < 1.29 is 10.0 Å². The van der Waals surface area contributed by atoms with Crippen LogP contribution in [0.2, 0.25) is 0 Å². The number of nitrogens with two attached hydrogens (primary N) is 1. The van der Waals surface area contributed by atoms with Crippen LogP contribution < -0.4 is 10.6 Å². The maximum absolute atomic E-state index is 10.7. The largest absolute Gasteiger partial charge is 0.502 e. The topological polar surface area (TPSA) is 95.9 Å². The summed E-state index contributed by atoms with van der Waals surface area (Å²) in [4.78, 5) is 14.3. The summed E-state index contributed by atoms with van der Waals surface area (Å²) >= 11 is 0. The van der Waals surface area contributed by atoms with Gasteiger partial charge in [0.1, 0.15) is 0 Å². The van der Waals surface area contributed by atoms with Gasteiger partial charge >= 0.3 is 5.69 Å². The SMILES string of the molecule is CN1CCN(c2cc(O)c([N+](=O)[O-])cc2N)CC1. The number of piperazine rings is 1. The molecule has 1 aromatic carbocycles. The lowest BCUT2D eigenvalue weighted by molar-refractivity contribution is -0.385. The lowest BCUT2D eigenvalue weighted by atomic mass is 10.2. The molecule has 0 spiro atoms. The minimum absolute atomic E-state index is 0.323. The number of phenols is 1. The van der Waals surface area contributed by atoms with Crippen LogP contribution in [0.4, 0.5) is 17.1 Å². The van der Waals surface area contributed by atoms with E-state index in [0.29, 0.717) is 11.4 Å². The van der Waals surface area contributed by atoms with E-state index in [-0.39, 0.29) is 11.4 Å². The Kier molecular flexibility index (Phi) is 3.24. The van der Waals surface area contributed by atoms with Crippen LogP contribution >= 0.6 is 0 Å². The molecule has 0 amide bonds. The van der Waals surface area contributed by atoms with Crippen LogP contribution in [0.1, 0.15) is 0 Å². The van der Waals surface area contributed by atoms with Crippen LogP contribution in [-0.2, 0) is 0 Å². The Morgan fingerprint density at radius 2 is 1.94 bits per heavy atom. The van der Waals surface area contributed by atoms with Crippen molar-refractivity contribution in [3.05, 3.63) is 22.2 Å². The highest BCUT2D eigenvalue weighted by molar-refractivity contribution is 5.74. The second kappa shape index (κ2) is 4.69. The zero-order valence-corrected chi connectivity index (χ0v) is 10.2.